The standard InChI is InChI=1S/C13H25N3O3/c1-9(2)11(8-12(17)18)15-13(19)16(3)10-4-6-14-7-5-10/h9-11,14H,4-8H2,1-3H3,(H,15,19)(H,17,18). The molecule has 0 aromatic rings. The zero-order valence-corrected chi connectivity index (χ0v) is 12.0. The van der Waals surface area contributed by atoms with Crippen molar-refractivity contribution in [3.63, 3.8) is 0 Å². The van der Waals surface area contributed by atoms with Crippen molar-refractivity contribution in [1.29, 1.82) is 0 Å². The maximum atomic E-state index is 12.1. The molecule has 6 heteroatoms. The lowest BCUT2D eigenvalue weighted by Crippen LogP contribution is -2.51. The molecular formula is C13H25N3O3. The number of urea groups is 1. The van der Waals surface area contributed by atoms with Gasteiger partial charge in [-0.25, -0.2) is 4.79 Å². The molecule has 0 aliphatic carbocycles. The van der Waals surface area contributed by atoms with Crippen molar-refractivity contribution < 1.29 is 14.7 Å². The van der Waals surface area contributed by atoms with Gasteiger partial charge in [-0.1, -0.05) is 13.8 Å². The van der Waals surface area contributed by atoms with Crippen LogP contribution < -0.4 is 10.6 Å². The van der Waals surface area contributed by atoms with Crippen molar-refractivity contribution in [2.75, 3.05) is 20.1 Å². The lowest BCUT2D eigenvalue weighted by atomic mass is 10.0. The molecule has 3 N–H and O–H groups in total. The van der Waals surface area contributed by atoms with E-state index in [1.54, 1.807) is 11.9 Å². The summed E-state index contributed by atoms with van der Waals surface area (Å²) in [6.45, 7) is 5.67. The number of carboxylic acids is 1. The molecule has 2 amide bonds. The van der Waals surface area contributed by atoms with E-state index >= 15 is 0 Å². The van der Waals surface area contributed by atoms with Crippen LogP contribution in [0.5, 0.6) is 0 Å². The highest BCUT2D eigenvalue weighted by molar-refractivity contribution is 5.76. The van der Waals surface area contributed by atoms with E-state index in [4.69, 9.17) is 5.11 Å². The molecule has 1 aliphatic rings. The van der Waals surface area contributed by atoms with Gasteiger partial charge in [0.15, 0.2) is 0 Å². The Morgan fingerprint density at radius 3 is 2.42 bits per heavy atom. The van der Waals surface area contributed by atoms with Gasteiger partial charge in [0.1, 0.15) is 0 Å². The Kier molecular flexibility index (Phi) is 6.08. The van der Waals surface area contributed by atoms with E-state index in [1.165, 1.54) is 0 Å². The van der Waals surface area contributed by atoms with Gasteiger partial charge in [-0.3, -0.25) is 4.79 Å². The van der Waals surface area contributed by atoms with Crippen molar-refractivity contribution in [1.82, 2.24) is 15.5 Å². The van der Waals surface area contributed by atoms with E-state index in [0.29, 0.717) is 0 Å². The summed E-state index contributed by atoms with van der Waals surface area (Å²) in [5.74, 6) is -0.787. The van der Waals surface area contributed by atoms with E-state index in [-0.39, 0.29) is 30.5 Å². The largest absolute Gasteiger partial charge is 0.481 e. The van der Waals surface area contributed by atoms with Crippen molar-refractivity contribution in [2.24, 2.45) is 5.92 Å². The van der Waals surface area contributed by atoms with Crippen LogP contribution in [0.3, 0.4) is 0 Å². The molecule has 0 saturated carbocycles. The Bertz CT molecular complexity index is 314. The quantitative estimate of drug-likeness (QED) is 0.693. The van der Waals surface area contributed by atoms with Crippen molar-refractivity contribution in [2.45, 2.75) is 45.2 Å². The van der Waals surface area contributed by atoms with E-state index in [9.17, 15) is 9.59 Å². The molecule has 6 nitrogen and oxygen atoms in total. The van der Waals surface area contributed by atoms with Crippen LogP contribution >= 0.6 is 0 Å². The van der Waals surface area contributed by atoms with Crippen LogP contribution in [0.25, 0.3) is 0 Å². The smallest absolute Gasteiger partial charge is 0.317 e. The zero-order chi connectivity index (χ0) is 14.4. The number of hydrogen-bond donors (Lipinski definition) is 3. The molecule has 1 atom stereocenters. The molecular weight excluding hydrogens is 246 g/mol. The van der Waals surface area contributed by atoms with Gasteiger partial charge in [0.05, 0.1) is 6.42 Å². The fourth-order valence-electron chi connectivity index (χ4n) is 2.26. The number of aliphatic carboxylic acids is 1. The molecule has 1 unspecified atom stereocenters. The summed E-state index contributed by atoms with van der Waals surface area (Å²) in [6, 6.07) is -0.264. The lowest BCUT2D eigenvalue weighted by Gasteiger charge is -2.33. The molecule has 0 spiro atoms. The second-order valence-corrected chi connectivity index (χ2v) is 5.49. The minimum absolute atomic E-state index is 0.0382. The van der Waals surface area contributed by atoms with Gasteiger partial charge in [-0.15, -0.1) is 0 Å². The first-order chi connectivity index (χ1) is 8.91. The number of rotatable bonds is 5. The number of hydrogen-bond acceptors (Lipinski definition) is 3. The number of nitrogens with zero attached hydrogens (tertiary/aromatic N) is 1. The van der Waals surface area contributed by atoms with Crippen LogP contribution in [-0.2, 0) is 4.79 Å². The second kappa shape index (κ2) is 7.33. The molecule has 1 fully saturated rings. The van der Waals surface area contributed by atoms with Crippen LogP contribution in [0.4, 0.5) is 4.79 Å². The lowest BCUT2D eigenvalue weighted by molar-refractivity contribution is -0.137. The van der Waals surface area contributed by atoms with Gasteiger partial charge >= 0.3 is 12.0 Å². The van der Waals surface area contributed by atoms with Crippen molar-refractivity contribution in [3.8, 4) is 0 Å². The monoisotopic (exact) mass is 271 g/mol. The van der Waals surface area contributed by atoms with Gasteiger partial charge in [0, 0.05) is 19.1 Å². The van der Waals surface area contributed by atoms with Crippen LogP contribution in [0.15, 0.2) is 0 Å². The second-order valence-electron chi connectivity index (χ2n) is 5.49. The highest BCUT2D eigenvalue weighted by atomic mass is 16.4. The average molecular weight is 271 g/mol. The molecule has 1 saturated heterocycles. The number of nitrogens with one attached hydrogen (secondary N) is 2. The fraction of sp³-hybridized carbons (Fsp3) is 0.846. The van der Waals surface area contributed by atoms with E-state index in [1.807, 2.05) is 13.8 Å². The summed E-state index contributed by atoms with van der Waals surface area (Å²) in [4.78, 5) is 24.6. The molecule has 1 aliphatic heterocycles. The molecule has 1 rings (SSSR count). The summed E-state index contributed by atoms with van der Waals surface area (Å²) < 4.78 is 0. The summed E-state index contributed by atoms with van der Waals surface area (Å²) in [7, 11) is 1.78. The summed E-state index contributed by atoms with van der Waals surface area (Å²) in [5.41, 5.74) is 0. The Labute approximate surface area is 114 Å². The Hall–Kier alpha value is -1.30. The highest BCUT2D eigenvalue weighted by Gasteiger charge is 2.25. The van der Waals surface area contributed by atoms with E-state index in [0.717, 1.165) is 25.9 Å². The zero-order valence-electron chi connectivity index (χ0n) is 12.0. The Balaban J connectivity index is 2.52. The molecule has 0 bridgehead atoms. The Morgan fingerprint density at radius 2 is 1.95 bits per heavy atom. The molecule has 110 valence electrons. The first-order valence-electron chi connectivity index (χ1n) is 6.87. The number of carboxylic acid groups (broad SMARTS) is 1. The minimum atomic E-state index is -0.886. The third kappa shape index (κ3) is 5.06. The number of piperidine rings is 1. The van der Waals surface area contributed by atoms with Gasteiger partial charge < -0.3 is 20.6 Å². The number of amides is 2. The minimum Gasteiger partial charge on any atom is -0.481 e. The average Bonchev–Trinajstić information content (AvgIpc) is 2.37. The predicted molar refractivity (Wildman–Crippen MR) is 73.1 cm³/mol. The van der Waals surface area contributed by atoms with Crippen molar-refractivity contribution in [3.05, 3.63) is 0 Å². The van der Waals surface area contributed by atoms with Crippen LogP contribution in [0.2, 0.25) is 0 Å². The first kappa shape index (κ1) is 15.8. The third-order valence-electron chi connectivity index (χ3n) is 3.68. The SMILES string of the molecule is CC(C)C(CC(=O)O)NC(=O)N(C)C1CCNCC1. The molecule has 1 heterocycles. The topological polar surface area (TPSA) is 81.7 Å². The summed E-state index contributed by atoms with van der Waals surface area (Å²) in [5, 5.41) is 14.9. The third-order valence-corrected chi connectivity index (χ3v) is 3.68. The van der Waals surface area contributed by atoms with Gasteiger partial charge in [-0.2, -0.15) is 0 Å². The van der Waals surface area contributed by atoms with E-state index < -0.39 is 5.97 Å². The maximum absolute atomic E-state index is 12.1. The molecule has 0 radical (unpaired) electrons. The number of carbonyl (C=O) groups excluding carboxylic acids is 1. The number of carbonyl (C=O) groups is 2. The normalized spacial score (nSPS) is 18.1. The maximum Gasteiger partial charge on any atom is 0.317 e. The van der Waals surface area contributed by atoms with Crippen LogP contribution in [-0.4, -0.2) is 54.2 Å². The molecule has 19 heavy (non-hydrogen) atoms. The van der Waals surface area contributed by atoms with Crippen molar-refractivity contribution >= 4 is 12.0 Å². The van der Waals surface area contributed by atoms with Crippen LogP contribution in [0.1, 0.15) is 33.1 Å². The predicted octanol–water partition coefficient (Wildman–Crippen LogP) is 0.879. The van der Waals surface area contributed by atoms with Gasteiger partial charge in [0.2, 0.25) is 0 Å². The van der Waals surface area contributed by atoms with Gasteiger partial charge in [-0.05, 0) is 31.8 Å². The Morgan fingerprint density at radius 1 is 1.37 bits per heavy atom. The summed E-state index contributed by atoms with van der Waals surface area (Å²) >= 11 is 0. The molecule has 0 aromatic carbocycles. The molecule has 0 aromatic heterocycles. The van der Waals surface area contributed by atoms with Crippen LogP contribution in [0, 0.1) is 5.92 Å². The highest BCUT2D eigenvalue weighted by Crippen LogP contribution is 2.12. The van der Waals surface area contributed by atoms with E-state index in [2.05, 4.69) is 10.6 Å². The first-order valence-corrected chi connectivity index (χ1v) is 6.87. The fourth-order valence-corrected chi connectivity index (χ4v) is 2.26. The van der Waals surface area contributed by atoms with Gasteiger partial charge in [0.25, 0.3) is 0 Å². The summed E-state index contributed by atoms with van der Waals surface area (Å²) in [6.07, 6.45) is 1.84.